The summed E-state index contributed by atoms with van der Waals surface area (Å²) in [6.07, 6.45) is -2.53. The summed E-state index contributed by atoms with van der Waals surface area (Å²) < 4.78 is 0. The highest BCUT2D eigenvalue weighted by Gasteiger charge is 2.21. The van der Waals surface area contributed by atoms with Crippen LogP contribution in [0.15, 0.2) is 18.2 Å². The fraction of sp³-hybridized carbons (Fsp3) is 0.333. The molecule has 1 aromatic rings. The van der Waals surface area contributed by atoms with Crippen molar-refractivity contribution in [3.05, 3.63) is 33.9 Å². The smallest absolute Gasteiger partial charge is 0.269 e. The molecule has 0 fully saturated rings. The molecule has 7 nitrogen and oxygen atoms in total. The van der Waals surface area contributed by atoms with Crippen LogP contribution >= 0.6 is 0 Å². The molecular weight excluding hydrogens is 214 g/mol. The molecule has 0 aliphatic heterocycles. The van der Waals surface area contributed by atoms with Crippen LogP contribution < -0.4 is 11.5 Å². The molecule has 0 aromatic heterocycles. The molecular formula is C9H13N3O4. The molecule has 0 aliphatic carbocycles. The minimum absolute atomic E-state index is 0.104. The molecule has 16 heavy (non-hydrogen) atoms. The number of nitrogens with zero attached hydrogens (tertiary/aromatic N) is 1. The number of anilines is 1. The highest BCUT2D eigenvalue weighted by Crippen LogP contribution is 2.27. The third-order valence-electron chi connectivity index (χ3n) is 2.21. The predicted octanol–water partition coefficient (Wildman–Crippen LogP) is -0.470. The van der Waals surface area contributed by atoms with E-state index in [0.717, 1.165) is 6.07 Å². The van der Waals surface area contributed by atoms with Crippen LogP contribution in [0.1, 0.15) is 11.7 Å². The maximum absolute atomic E-state index is 10.5. The summed E-state index contributed by atoms with van der Waals surface area (Å²) in [5, 5.41) is 29.5. The average molecular weight is 227 g/mol. The molecule has 1 rings (SSSR count). The lowest BCUT2D eigenvalue weighted by Gasteiger charge is -2.17. The number of hydrogen-bond acceptors (Lipinski definition) is 6. The lowest BCUT2D eigenvalue weighted by atomic mass is 10.0. The molecule has 2 unspecified atom stereocenters. The van der Waals surface area contributed by atoms with Crippen LogP contribution in [0.4, 0.5) is 11.4 Å². The largest absolute Gasteiger partial charge is 0.398 e. The Morgan fingerprint density at radius 1 is 1.44 bits per heavy atom. The van der Waals surface area contributed by atoms with Gasteiger partial charge in [-0.1, -0.05) is 0 Å². The normalized spacial score (nSPS) is 14.4. The zero-order chi connectivity index (χ0) is 12.3. The van der Waals surface area contributed by atoms with Gasteiger partial charge in [-0.25, -0.2) is 0 Å². The zero-order valence-corrected chi connectivity index (χ0v) is 8.41. The van der Waals surface area contributed by atoms with E-state index in [1.165, 1.54) is 12.1 Å². The number of rotatable bonds is 4. The lowest BCUT2D eigenvalue weighted by molar-refractivity contribution is -0.385. The number of benzene rings is 1. The summed E-state index contributed by atoms with van der Waals surface area (Å²) in [7, 11) is 0. The first-order chi connectivity index (χ1) is 7.47. The van der Waals surface area contributed by atoms with Crippen molar-refractivity contribution in [2.24, 2.45) is 5.73 Å². The van der Waals surface area contributed by atoms with E-state index in [-0.39, 0.29) is 23.5 Å². The molecule has 7 heteroatoms. The minimum Gasteiger partial charge on any atom is -0.398 e. The Kier molecular flexibility index (Phi) is 3.78. The summed E-state index contributed by atoms with van der Waals surface area (Å²) >= 11 is 0. The van der Waals surface area contributed by atoms with E-state index >= 15 is 0 Å². The van der Waals surface area contributed by atoms with Crippen LogP contribution in [-0.2, 0) is 0 Å². The number of nitro groups is 1. The van der Waals surface area contributed by atoms with Crippen molar-refractivity contribution in [1.29, 1.82) is 0 Å². The molecule has 2 atom stereocenters. The van der Waals surface area contributed by atoms with Gasteiger partial charge in [-0.05, 0) is 6.07 Å². The first-order valence-corrected chi connectivity index (χ1v) is 4.57. The second-order valence-corrected chi connectivity index (χ2v) is 3.32. The topological polar surface area (TPSA) is 136 Å². The Labute approximate surface area is 91.4 Å². The van der Waals surface area contributed by atoms with Crippen molar-refractivity contribution in [3.8, 4) is 0 Å². The van der Waals surface area contributed by atoms with E-state index in [0.29, 0.717) is 0 Å². The number of nitrogen functional groups attached to an aromatic ring is 1. The van der Waals surface area contributed by atoms with Crippen molar-refractivity contribution in [1.82, 2.24) is 0 Å². The first kappa shape index (κ1) is 12.4. The number of non-ortho nitro benzene ring substituents is 1. The molecule has 0 amide bonds. The van der Waals surface area contributed by atoms with Gasteiger partial charge in [-0.3, -0.25) is 10.1 Å². The highest BCUT2D eigenvalue weighted by atomic mass is 16.6. The molecule has 0 spiro atoms. The summed E-state index contributed by atoms with van der Waals surface area (Å²) in [6, 6.07) is 3.65. The average Bonchev–Trinajstić information content (AvgIpc) is 2.27. The Bertz CT molecular complexity index is 396. The molecule has 0 saturated heterocycles. The zero-order valence-electron chi connectivity index (χ0n) is 8.41. The Balaban J connectivity index is 3.11. The third-order valence-corrected chi connectivity index (χ3v) is 2.21. The van der Waals surface area contributed by atoms with Gasteiger partial charge in [0.2, 0.25) is 0 Å². The van der Waals surface area contributed by atoms with Crippen LogP contribution in [0.25, 0.3) is 0 Å². The summed E-state index contributed by atoms with van der Waals surface area (Å²) in [4.78, 5) is 9.92. The first-order valence-electron chi connectivity index (χ1n) is 4.57. The van der Waals surface area contributed by atoms with E-state index in [2.05, 4.69) is 0 Å². The lowest BCUT2D eigenvalue weighted by Crippen LogP contribution is -2.27. The highest BCUT2D eigenvalue weighted by molar-refractivity contribution is 5.53. The van der Waals surface area contributed by atoms with E-state index in [1.54, 1.807) is 0 Å². The second kappa shape index (κ2) is 4.88. The SMILES string of the molecule is NCC(O)C(O)c1cc([N+](=O)[O-])ccc1N. The molecule has 0 aliphatic rings. The third kappa shape index (κ3) is 2.45. The molecule has 88 valence electrons. The van der Waals surface area contributed by atoms with Gasteiger partial charge in [0, 0.05) is 29.9 Å². The van der Waals surface area contributed by atoms with Gasteiger partial charge in [0.25, 0.3) is 5.69 Å². The van der Waals surface area contributed by atoms with Gasteiger partial charge in [0.05, 0.1) is 11.0 Å². The van der Waals surface area contributed by atoms with Crippen molar-refractivity contribution in [2.75, 3.05) is 12.3 Å². The van der Waals surface area contributed by atoms with Gasteiger partial charge in [-0.2, -0.15) is 0 Å². The molecule has 6 N–H and O–H groups in total. The van der Waals surface area contributed by atoms with Gasteiger partial charge < -0.3 is 21.7 Å². The monoisotopic (exact) mass is 227 g/mol. The van der Waals surface area contributed by atoms with Gasteiger partial charge >= 0.3 is 0 Å². The number of aliphatic hydroxyl groups is 2. The number of hydrogen-bond donors (Lipinski definition) is 4. The Morgan fingerprint density at radius 3 is 2.56 bits per heavy atom. The van der Waals surface area contributed by atoms with E-state index in [1.807, 2.05) is 0 Å². The van der Waals surface area contributed by atoms with Crippen LogP contribution in [0.3, 0.4) is 0 Å². The fourth-order valence-corrected chi connectivity index (χ4v) is 1.27. The minimum atomic E-state index is -1.33. The van der Waals surface area contributed by atoms with Crippen LogP contribution in [0.5, 0.6) is 0 Å². The summed E-state index contributed by atoms with van der Waals surface area (Å²) in [5.41, 5.74) is 10.8. The van der Waals surface area contributed by atoms with Crippen molar-refractivity contribution < 1.29 is 15.1 Å². The molecule has 0 bridgehead atoms. The summed E-state index contributed by atoms with van der Waals surface area (Å²) in [6.45, 7) is -0.163. The van der Waals surface area contributed by atoms with Crippen LogP contribution in [0, 0.1) is 10.1 Å². The molecule has 0 heterocycles. The predicted molar refractivity (Wildman–Crippen MR) is 57.5 cm³/mol. The van der Waals surface area contributed by atoms with Crippen LogP contribution in [-0.4, -0.2) is 27.8 Å². The van der Waals surface area contributed by atoms with Crippen molar-refractivity contribution >= 4 is 11.4 Å². The van der Waals surface area contributed by atoms with Gasteiger partial charge in [-0.15, -0.1) is 0 Å². The molecule has 0 saturated carbocycles. The standard InChI is InChI=1S/C9H13N3O4/c10-4-8(13)9(14)6-3-5(12(15)16)1-2-7(6)11/h1-3,8-9,13-14H,4,10-11H2. The van der Waals surface area contributed by atoms with E-state index in [4.69, 9.17) is 11.5 Å². The van der Waals surface area contributed by atoms with E-state index < -0.39 is 17.1 Å². The maximum Gasteiger partial charge on any atom is 0.269 e. The second-order valence-electron chi connectivity index (χ2n) is 3.32. The van der Waals surface area contributed by atoms with Crippen molar-refractivity contribution in [2.45, 2.75) is 12.2 Å². The molecule has 1 aromatic carbocycles. The maximum atomic E-state index is 10.5. The van der Waals surface area contributed by atoms with Gasteiger partial charge in [0.1, 0.15) is 6.10 Å². The Hall–Kier alpha value is -1.70. The summed E-state index contributed by atoms with van der Waals surface area (Å²) in [5.74, 6) is 0. The van der Waals surface area contributed by atoms with E-state index in [9.17, 15) is 20.3 Å². The molecule has 0 radical (unpaired) electrons. The Morgan fingerprint density at radius 2 is 2.06 bits per heavy atom. The quantitative estimate of drug-likeness (QED) is 0.312. The number of aliphatic hydroxyl groups excluding tert-OH is 2. The van der Waals surface area contributed by atoms with Crippen LogP contribution in [0.2, 0.25) is 0 Å². The van der Waals surface area contributed by atoms with Crippen molar-refractivity contribution in [3.63, 3.8) is 0 Å². The number of nitro benzene ring substituents is 1. The van der Waals surface area contributed by atoms with Gasteiger partial charge in [0.15, 0.2) is 0 Å². The fourth-order valence-electron chi connectivity index (χ4n) is 1.27. The number of nitrogens with two attached hydrogens (primary N) is 2.